The van der Waals surface area contributed by atoms with Gasteiger partial charge in [0.25, 0.3) is 0 Å². The zero-order chi connectivity index (χ0) is 94.0. The van der Waals surface area contributed by atoms with Crippen molar-refractivity contribution < 1.29 is 13.3 Å². The van der Waals surface area contributed by atoms with Crippen molar-refractivity contribution in [2.75, 3.05) is 0 Å². The summed E-state index contributed by atoms with van der Waals surface area (Å²) in [6.45, 7) is 0. The minimum atomic E-state index is -0.394. The summed E-state index contributed by atoms with van der Waals surface area (Å²) in [4.78, 5) is 0. The second-order valence-corrected chi connectivity index (χ2v) is 37.2. The van der Waals surface area contributed by atoms with Crippen molar-refractivity contribution in [3.63, 3.8) is 0 Å². The van der Waals surface area contributed by atoms with Gasteiger partial charge in [0, 0.05) is 32.3 Å². The molecule has 142 heavy (non-hydrogen) atoms. The average molecular weight is 1810 g/mol. The van der Waals surface area contributed by atoms with Gasteiger partial charge < -0.3 is 13.3 Å². The maximum absolute atomic E-state index is 6.39. The molecular formula is C139H90O3. The van der Waals surface area contributed by atoms with Crippen molar-refractivity contribution in [2.45, 2.75) is 5.41 Å². The molecule has 0 amide bonds. The summed E-state index contributed by atoms with van der Waals surface area (Å²) in [6.07, 6.45) is 0. The Hall–Kier alpha value is -18.5. The highest BCUT2D eigenvalue weighted by Gasteiger charge is 2.51. The fourth-order valence-corrected chi connectivity index (χ4v) is 21.8. The van der Waals surface area contributed by atoms with Gasteiger partial charge in [-0.1, -0.05) is 425 Å². The smallest absolute Gasteiger partial charge is 0.136 e. The summed E-state index contributed by atoms with van der Waals surface area (Å²) in [5.74, 6) is 0. The number of fused-ring (bicyclic) bond motifs is 19. The van der Waals surface area contributed by atoms with Crippen molar-refractivity contribution in [3.8, 4) is 178 Å². The second-order valence-electron chi connectivity index (χ2n) is 37.2. The molecule has 0 atom stereocenters. The lowest BCUT2D eigenvalue weighted by Gasteiger charge is -2.30. The molecule has 3 heteroatoms. The molecule has 3 heterocycles. The van der Waals surface area contributed by atoms with Gasteiger partial charge in [-0.25, -0.2) is 0 Å². The van der Waals surface area contributed by atoms with E-state index in [1.807, 2.05) is 36.4 Å². The molecule has 23 aromatic carbocycles. The molecule has 0 unspecified atom stereocenters. The first-order valence-corrected chi connectivity index (χ1v) is 48.7. The molecule has 1 spiro atoms. The highest BCUT2D eigenvalue weighted by molar-refractivity contribution is 6.09. The van der Waals surface area contributed by atoms with Crippen LogP contribution < -0.4 is 0 Å². The van der Waals surface area contributed by atoms with E-state index in [0.717, 1.165) is 99.2 Å². The van der Waals surface area contributed by atoms with Gasteiger partial charge in [0.05, 0.1) is 5.41 Å². The number of benzene rings is 23. The van der Waals surface area contributed by atoms with E-state index in [4.69, 9.17) is 13.3 Å². The molecule has 3 aromatic heterocycles. The zero-order valence-corrected chi connectivity index (χ0v) is 77.7. The molecule has 0 N–H and O–H groups in total. The van der Waals surface area contributed by atoms with Crippen LogP contribution in [0.15, 0.2) is 559 Å². The topological polar surface area (TPSA) is 39.4 Å². The Kier molecular flexibility index (Phi) is 21.2. The number of furan rings is 3. The summed E-state index contributed by atoms with van der Waals surface area (Å²) in [6, 6.07) is 197. The molecule has 0 aliphatic heterocycles. The number of para-hydroxylation sites is 3. The maximum atomic E-state index is 6.39. The van der Waals surface area contributed by atoms with Crippen molar-refractivity contribution in [2.24, 2.45) is 0 Å². The zero-order valence-electron chi connectivity index (χ0n) is 77.7. The lowest BCUT2D eigenvalue weighted by Crippen LogP contribution is -2.25. The molecule has 0 radical (unpaired) electrons. The largest absolute Gasteiger partial charge is 0.456 e. The van der Waals surface area contributed by atoms with Gasteiger partial charge in [0.1, 0.15) is 33.5 Å². The van der Waals surface area contributed by atoms with E-state index < -0.39 is 5.41 Å². The third-order valence-electron chi connectivity index (χ3n) is 28.9. The molecule has 0 saturated carbocycles. The van der Waals surface area contributed by atoms with E-state index in [2.05, 4.69) is 510 Å². The summed E-state index contributed by atoms with van der Waals surface area (Å²) in [5.41, 5.74) is 49.0. The minimum Gasteiger partial charge on any atom is -0.456 e. The van der Waals surface area contributed by atoms with Crippen LogP contribution >= 0.6 is 0 Å². The predicted molar refractivity (Wildman–Crippen MR) is 594 cm³/mol. The van der Waals surface area contributed by atoms with Gasteiger partial charge in [-0.2, -0.15) is 0 Å². The Morgan fingerprint density at radius 3 is 0.570 bits per heavy atom. The standard InChI is InChI=1S/C55H34O.2C42H28O/c1-2-12-35(13-3-1)36-22-24-37(25-23-36)40-30-41(32-42(31-40)39-27-29-48-47-17-7-11-21-53(47)56-54(48)34-39)38-26-28-46-45-16-6-10-20-51(45)55(52(46)33-38)49-18-8-4-14-43(49)44-15-5-9-19-50(44)55;1-3-10-29(11-4-1)31-18-20-32(21-19-31)36-25-37(34-15-9-14-33(24-34)30-12-5-2-6-13-30)27-38(26-36)35-22-23-40-39-16-7-8-17-41(39)43-42(40)28-35;1-3-9-29(10-4-1)31-15-19-33(20-16-31)36-25-37(34-21-17-32(18-22-34)30-11-5-2-6-12-30)27-38(26-36)35-23-24-40-39-13-7-8-14-41(39)43-42(40)28-35/h1-34H;2*1-28H. The van der Waals surface area contributed by atoms with Gasteiger partial charge in [0.2, 0.25) is 0 Å². The van der Waals surface area contributed by atoms with Crippen LogP contribution in [-0.2, 0) is 5.41 Å². The fraction of sp³-hybridized carbons (Fsp3) is 0.00719. The van der Waals surface area contributed by atoms with Gasteiger partial charge in [-0.05, 0) is 322 Å². The van der Waals surface area contributed by atoms with E-state index in [1.54, 1.807) is 0 Å². The molecule has 664 valence electrons. The molecule has 2 aliphatic rings. The molecule has 2 aliphatic carbocycles. The van der Waals surface area contributed by atoms with E-state index in [0.29, 0.717) is 0 Å². The Morgan fingerprint density at radius 2 is 0.275 bits per heavy atom. The van der Waals surface area contributed by atoms with Crippen LogP contribution in [0.1, 0.15) is 22.3 Å². The van der Waals surface area contributed by atoms with E-state index in [9.17, 15) is 0 Å². The highest BCUT2D eigenvalue weighted by atomic mass is 16.3. The quantitative estimate of drug-likeness (QED) is 0.109. The molecule has 26 aromatic rings. The normalized spacial score (nSPS) is 12.0. The third-order valence-corrected chi connectivity index (χ3v) is 28.9. The number of rotatable bonds is 14. The lowest BCUT2D eigenvalue weighted by molar-refractivity contribution is 0.668. The highest BCUT2D eigenvalue weighted by Crippen LogP contribution is 2.63. The Bertz CT molecular complexity index is 9110. The van der Waals surface area contributed by atoms with Crippen LogP contribution in [0.3, 0.4) is 0 Å². The number of hydrogen-bond donors (Lipinski definition) is 0. The first-order valence-electron chi connectivity index (χ1n) is 48.7. The average Bonchev–Trinajstić information content (AvgIpc) is 1.50. The third kappa shape index (κ3) is 15.5. The van der Waals surface area contributed by atoms with Crippen LogP contribution in [0.2, 0.25) is 0 Å². The summed E-state index contributed by atoms with van der Waals surface area (Å²) in [5, 5.41) is 6.86. The van der Waals surface area contributed by atoms with Gasteiger partial charge in [0.15, 0.2) is 0 Å². The van der Waals surface area contributed by atoms with Crippen LogP contribution in [0.4, 0.5) is 0 Å². The van der Waals surface area contributed by atoms with Crippen LogP contribution in [-0.4, -0.2) is 0 Å². The van der Waals surface area contributed by atoms with Crippen molar-refractivity contribution in [1.29, 1.82) is 0 Å². The van der Waals surface area contributed by atoms with E-state index in [1.165, 1.54) is 167 Å². The predicted octanol–water partition coefficient (Wildman–Crippen LogP) is 38.4. The monoisotopic (exact) mass is 1810 g/mol. The van der Waals surface area contributed by atoms with Gasteiger partial charge in [-0.15, -0.1) is 0 Å². The maximum Gasteiger partial charge on any atom is 0.136 e. The molecule has 0 saturated heterocycles. The molecular weight excluding hydrogens is 1720 g/mol. The molecule has 0 bridgehead atoms. The van der Waals surface area contributed by atoms with Crippen LogP contribution in [0.25, 0.3) is 244 Å². The SMILES string of the molecule is c1ccc(-c2ccc(-c3cc(-c4ccc(-c5ccccc5)cc4)cc(-c4ccc5c(c4)oc4ccccc45)c3)cc2)cc1.c1ccc(-c2ccc(-c3cc(-c4ccc5c(c4)C4(c6ccccc6-c6ccccc64)c4ccccc4-5)cc(-c4ccc5c(c4)oc4ccccc45)c3)cc2)cc1.c1ccc(-c2ccc(-c3cc(-c4cccc(-c5ccccc5)c4)cc(-c4ccc5c(c4)oc4ccccc45)c3)cc2)cc1. The van der Waals surface area contributed by atoms with Crippen LogP contribution in [0.5, 0.6) is 0 Å². The first kappa shape index (κ1) is 84.0. The van der Waals surface area contributed by atoms with Crippen LogP contribution in [0, 0.1) is 0 Å². The van der Waals surface area contributed by atoms with Gasteiger partial charge >= 0.3 is 0 Å². The minimum absolute atomic E-state index is 0.394. The second kappa shape index (κ2) is 35.9. The van der Waals surface area contributed by atoms with E-state index in [-0.39, 0.29) is 0 Å². The Labute approximate surface area is 824 Å². The van der Waals surface area contributed by atoms with Gasteiger partial charge in [-0.3, -0.25) is 0 Å². The summed E-state index contributed by atoms with van der Waals surface area (Å²) >= 11 is 0. The summed E-state index contributed by atoms with van der Waals surface area (Å²) in [7, 11) is 0. The van der Waals surface area contributed by atoms with Crippen molar-refractivity contribution in [3.05, 3.63) is 568 Å². The van der Waals surface area contributed by atoms with Crippen molar-refractivity contribution >= 4 is 65.8 Å². The van der Waals surface area contributed by atoms with Crippen molar-refractivity contribution in [1.82, 2.24) is 0 Å². The summed E-state index contributed by atoms with van der Waals surface area (Å²) < 4.78 is 18.9. The Balaban J connectivity index is 0.000000111. The molecule has 28 rings (SSSR count). The molecule has 0 fully saturated rings. The first-order chi connectivity index (χ1) is 70.3. The number of hydrogen-bond acceptors (Lipinski definition) is 3. The Morgan fingerprint density at radius 1 is 0.0986 bits per heavy atom. The molecule has 3 nitrogen and oxygen atoms in total. The fourth-order valence-electron chi connectivity index (χ4n) is 21.8. The van der Waals surface area contributed by atoms with E-state index >= 15 is 0 Å². The lowest BCUT2D eigenvalue weighted by atomic mass is 9.70.